The normalized spacial score (nSPS) is 11.6. The molecule has 0 heterocycles. The molecule has 8 heteroatoms. The zero-order valence-corrected chi connectivity index (χ0v) is 15.7. The third-order valence-corrected chi connectivity index (χ3v) is 3.94. The molecule has 0 spiro atoms. The molecule has 0 unspecified atom stereocenters. The molecule has 0 saturated carbocycles. The van der Waals surface area contributed by atoms with Gasteiger partial charge in [-0.3, -0.25) is 9.59 Å². The van der Waals surface area contributed by atoms with Gasteiger partial charge in [-0.2, -0.15) is 0 Å². The first-order valence-electron chi connectivity index (χ1n) is 7.26. The van der Waals surface area contributed by atoms with Crippen molar-refractivity contribution in [1.29, 1.82) is 0 Å². The number of hydrogen-bond acceptors (Lipinski definition) is 3. The predicted molar refractivity (Wildman–Crippen MR) is 101 cm³/mol. The Balaban J connectivity index is 2.13. The number of anilines is 2. The summed E-state index contributed by atoms with van der Waals surface area (Å²) in [5, 5.41) is 6.05. The van der Waals surface area contributed by atoms with Crippen LogP contribution in [0.2, 0.25) is 15.1 Å². The van der Waals surface area contributed by atoms with E-state index in [4.69, 9.17) is 39.5 Å². The van der Waals surface area contributed by atoms with Crippen molar-refractivity contribution in [2.24, 2.45) is 0 Å². The minimum absolute atomic E-state index is 0.219. The maximum Gasteiger partial charge on any atom is 0.265 e. The Hall–Kier alpha value is -1.95. The molecule has 0 bridgehead atoms. The van der Waals surface area contributed by atoms with Crippen LogP contribution in [0.3, 0.4) is 0 Å². The Labute approximate surface area is 160 Å². The number of rotatable bonds is 5. The molecule has 2 aromatic rings. The van der Waals surface area contributed by atoms with Crippen LogP contribution in [0.5, 0.6) is 5.75 Å². The summed E-state index contributed by atoms with van der Waals surface area (Å²) in [5.74, 6) is -0.328. The first kappa shape index (κ1) is 19.4. The molecule has 132 valence electrons. The second-order valence-corrected chi connectivity index (χ2v) is 6.42. The smallest absolute Gasteiger partial charge is 0.265 e. The molecule has 2 N–H and O–H groups in total. The van der Waals surface area contributed by atoms with Crippen molar-refractivity contribution in [3.05, 3.63) is 51.5 Å². The van der Waals surface area contributed by atoms with E-state index in [9.17, 15) is 9.59 Å². The number of hydrogen-bond donors (Lipinski definition) is 2. The van der Waals surface area contributed by atoms with Gasteiger partial charge in [-0.25, -0.2) is 0 Å². The van der Waals surface area contributed by atoms with Crippen LogP contribution in [-0.4, -0.2) is 17.9 Å². The predicted octanol–water partition coefficient (Wildman–Crippen LogP) is 5.01. The minimum atomic E-state index is -0.863. The fourth-order valence-electron chi connectivity index (χ4n) is 1.99. The first-order valence-corrected chi connectivity index (χ1v) is 8.40. The summed E-state index contributed by atoms with van der Waals surface area (Å²) >= 11 is 18.0. The Kier molecular flexibility index (Phi) is 6.53. The van der Waals surface area contributed by atoms with E-state index >= 15 is 0 Å². The van der Waals surface area contributed by atoms with Gasteiger partial charge in [0.2, 0.25) is 5.91 Å². The van der Waals surface area contributed by atoms with E-state index in [2.05, 4.69) is 10.6 Å². The van der Waals surface area contributed by atoms with E-state index in [1.807, 2.05) is 0 Å². The van der Waals surface area contributed by atoms with E-state index in [-0.39, 0.29) is 21.6 Å². The van der Waals surface area contributed by atoms with E-state index < -0.39 is 12.0 Å². The van der Waals surface area contributed by atoms with Gasteiger partial charge in [0, 0.05) is 11.9 Å². The number of nitrogens with one attached hydrogen (secondary N) is 2. The molecule has 2 aromatic carbocycles. The van der Waals surface area contributed by atoms with Crippen molar-refractivity contribution in [3.8, 4) is 5.75 Å². The highest BCUT2D eigenvalue weighted by Gasteiger charge is 2.19. The lowest BCUT2D eigenvalue weighted by atomic mass is 10.2. The number of ether oxygens (including phenoxy) is 1. The second-order valence-electron chi connectivity index (χ2n) is 5.17. The molecular formula is C17H15Cl3N2O3. The third kappa shape index (κ3) is 5.26. The third-order valence-electron chi connectivity index (χ3n) is 3.13. The van der Waals surface area contributed by atoms with Crippen LogP contribution in [0.15, 0.2) is 36.4 Å². The molecule has 1 atom stereocenters. The fraction of sp³-hybridized carbons (Fsp3) is 0.176. The van der Waals surface area contributed by atoms with Crippen molar-refractivity contribution < 1.29 is 14.3 Å². The quantitative estimate of drug-likeness (QED) is 0.740. The standard InChI is InChI=1S/C17H15Cl3N2O3/c1-9(25-15-6-4-3-5-14(15)21-10(2)23)17(24)22-16-12(19)7-11(18)8-13(16)20/h3-9H,1-2H3,(H,21,23)(H,22,24)/t9-/m1/s1. The molecule has 0 aliphatic carbocycles. The highest BCUT2D eigenvalue weighted by Crippen LogP contribution is 2.34. The number of halogens is 3. The molecule has 0 aliphatic heterocycles. The van der Waals surface area contributed by atoms with Crippen LogP contribution >= 0.6 is 34.8 Å². The van der Waals surface area contributed by atoms with Crippen molar-refractivity contribution in [2.75, 3.05) is 10.6 Å². The molecule has 2 amide bonds. The van der Waals surface area contributed by atoms with Crippen molar-refractivity contribution in [3.63, 3.8) is 0 Å². The summed E-state index contributed by atoms with van der Waals surface area (Å²) in [4.78, 5) is 23.6. The van der Waals surface area contributed by atoms with Crippen molar-refractivity contribution >= 4 is 58.0 Å². The lowest BCUT2D eigenvalue weighted by Crippen LogP contribution is -2.30. The average Bonchev–Trinajstić information content (AvgIpc) is 2.52. The first-order chi connectivity index (χ1) is 11.8. The van der Waals surface area contributed by atoms with Crippen LogP contribution in [-0.2, 0) is 9.59 Å². The summed E-state index contributed by atoms with van der Waals surface area (Å²) in [6.07, 6.45) is -0.863. The van der Waals surface area contributed by atoms with Crippen LogP contribution in [0.4, 0.5) is 11.4 Å². The summed E-state index contributed by atoms with van der Waals surface area (Å²) in [6.45, 7) is 2.95. The van der Waals surface area contributed by atoms with Gasteiger partial charge in [-0.1, -0.05) is 46.9 Å². The van der Waals surface area contributed by atoms with Gasteiger partial charge in [0.15, 0.2) is 6.10 Å². The van der Waals surface area contributed by atoms with Crippen molar-refractivity contribution in [1.82, 2.24) is 0 Å². The Morgan fingerprint density at radius 2 is 1.64 bits per heavy atom. The molecule has 25 heavy (non-hydrogen) atoms. The molecular weight excluding hydrogens is 387 g/mol. The number of para-hydroxylation sites is 2. The second kappa shape index (κ2) is 8.43. The molecule has 5 nitrogen and oxygen atoms in total. The minimum Gasteiger partial charge on any atom is -0.479 e. The number of carbonyl (C=O) groups excluding carboxylic acids is 2. The van der Waals surface area contributed by atoms with Gasteiger partial charge in [0.1, 0.15) is 5.75 Å². The molecule has 2 rings (SSSR count). The lowest BCUT2D eigenvalue weighted by molar-refractivity contribution is -0.122. The monoisotopic (exact) mass is 400 g/mol. The van der Waals surface area contributed by atoms with Gasteiger partial charge >= 0.3 is 0 Å². The summed E-state index contributed by atoms with van der Waals surface area (Å²) < 4.78 is 5.64. The molecule has 0 saturated heterocycles. The van der Waals surface area contributed by atoms with Crippen molar-refractivity contribution in [2.45, 2.75) is 20.0 Å². The van der Waals surface area contributed by atoms with E-state index in [1.54, 1.807) is 31.2 Å². The number of benzene rings is 2. The van der Waals surface area contributed by atoms with Crippen LogP contribution in [0.1, 0.15) is 13.8 Å². The number of carbonyl (C=O) groups is 2. The summed E-state index contributed by atoms with van der Waals surface area (Å²) in [6, 6.07) is 9.75. The lowest BCUT2D eigenvalue weighted by Gasteiger charge is -2.18. The van der Waals surface area contributed by atoms with Crippen LogP contribution < -0.4 is 15.4 Å². The van der Waals surface area contributed by atoms with Gasteiger partial charge in [-0.15, -0.1) is 0 Å². The fourth-order valence-corrected chi connectivity index (χ4v) is 2.90. The number of amides is 2. The summed E-state index contributed by atoms with van der Waals surface area (Å²) in [5.41, 5.74) is 0.723. The van der Waals surface area contributed by atoms with Gasteiger partial charge in [0.25, 0.3) is 5.91 Å². The highest BCUT2D eigenvalue weighted by molar-refractivity contribution is 6.42. The molecule has 0 fully saturated rings. The topological polar surface area (TPSA) is 67.4 Å². The average molecular weight is 402 g/mol. The van der Waals surface area contributed by atoms with Gasteiger partial charge < -0.3 is 15.4 Å². The van der Waals surface area contributed by atoms with Gasteiger partial charge in [-0.05, 0) is 31.2 Å². The maximum atomic E-state index is 12.4. The van der Waals surface area contributed by atoms with E-state index in [0.717, 1.165) is 0 Å². The zero-order valence-electron chi connectivity index (χ0n) is 13.4. The summed E-state index contributed by atoms with van der Waals surface area (Å²) in [7, 11) is 0. The van der Waals surface area contributed by atoms with Gasteiger partial charge in [0.05, 0.1) is 21.4 Å². The van der Waals surface area contributed by atoms with E-state index in [0.29, 0.717) is 16.5 Å². The largest absolute Gasteiger partial charge is 0.479 e. The Morgan fingerprint density at radius 1 is 1.04 bits per heavy atom. The maximum absolute atomic E-state index is 12.4. The van der Waals surface area contributed by atoms with Crippen LogP contribution in [0.25, 0.3) is 0 Å². The molecule has 0 aromatic heterocycles. The SMILES string of the molecule is CC(=O)Nc1ccccc1O[C@H](C)C(=O)Nc1c(Cl)cc(Cl)cc1Cl. The molecule has 0 aliphatic rings. The van der Waals surface area contributed by atoms with Crippen LogP contribution in [0, 0.1) is 0 Å². The Morgan fingerprint density at radius 3 is 2.24 bits per heavy atom. The highest BCUT2D eigenvalue weighted by atomic mass is 35.5. The Bertz CT molecular complexity index is 788. The zero-order chi connectivity index (χ0) is 18.6. The van der Waals surface area contributed by atoms with E-state index in [1.165, 1.54) is 19.1 Å². The molecule has 0 radical (unpaired) electrons.